The zero-order valence-electron chi connectivity index (χ0n) is 18.7. The molecule has 6 nitrogen and oxygen atoms in total. The molecular formula is C25H24ClFN4O2. The van der Waals surface area contributed by atoms with Gasteiger partial charge in [-0.25, -0.2) is 9.07 Å². The zero-order valence-corrected chi connectivity index (χ0v) is 19.4. The van der Waals surface area contributed by atoms with Gasteiger partial charge in [-0.2, -0.15) is 5.10 Å². The van der Waals surface area contributed by atoms with Crippen LogP contribution in [0.4, 0.5) is 4.39 Å². The number of aryl methyl sites for hydroxylation is 3. The van der Waals surface area contributed by atoms with Crippen LogP contribution in [0.3, 0.4) is 0 Å². The molecule has 0 saturated heterocycles. The Morgan fingerprint density at radius 2 is 1.88 bits per heavy atom. The second kappa shape index (κ2) is 9.19. The summed E-state index contributed by atoms with van der Waals surface area (Å²) < 4.78 is 16.9. The van der Waals surface area contributed by atoms with E-state index in [0.29, 0.717) is 34.9 Å². The first-order chi connectivity index (χ1) is 15.8. The smallest absolute Gasteiger partial charge is 0.255 e. The SMILES string of the molecule is Cc1nn(-c2cccc(F)c2)c2c1c(C)c(CCC(=O)NCc1ccc(Cl)cc1)c(=O)n2C. The van der Waals surface area contributed by atoms with Gasteiger partial charge in [0, 0.05) is 36.0 Å². The van der Waals surface area contributed by atoms with Crippen LogP contribution >= 0.6 is 11.6 Å². The molecule has 1 N–H and O–H groups in total. The van der Waals surface area contributed by atoms with Gasteiger partial charge < -0.3 is 5.32 Å². The van der Waals surface area contributed by atoms with Gasteiger partial charge in [0.2, 0.25) is 5.91 Å². The normalized spacial score (nSPS) is 11.2. The fourth-order valence-electron chi connectivity index (χ4n) is 4.09. The van der Waals surface area contributed by atoms with Gasteiger partial charge in [-0.1, -0.05) is 29.8 Å². The lowest BCUT2D eigenvalue weighted by Crippen LogP contribution is -2.27. The van der Waals surface area contributed by atoms with Crippen molar-refractivity contribution in [1.29, 1.82) is 0 Å². The number of halogens is 2. The maximum atomic E-state index is 13.8. The third-order valence-electron chi connectivity index (χ3n) is 5.80. The van der Waals surface area contributed by atoms with E-state index in [9.17, 15) is 14.0 Å². The lowest BCUT2D eigenvalue weighted by atomic mass is 10.0. The van der Waals surface area contributed by atoms with Crippen LogP contribution in [-0.4, -0.2) is 20.3 Å². The number of carbonyl (C=O) groups excluding carboxylic acids is 1. The minimum absolute atomic E-state index is 0.140. The molecule has 0 aliphatic rings. The maximum absolute atomic E-state index is 13.8. The molecule has 0 fully saturated rings. The van der Waals surface area contributed by atoms with Gasteiger partial charge >= 0.3 is 0 Å². The van der Waals surface area contributed by atoms with Crippen LogP contribution in [0.15, 0.2) is 53.3 Å². The number of aromatic nitrogens is 3. The Labute approximate surface area is 195 Å². The van der Waals surface area contributed by atoms with Crippen LogP contribution in [0, 0.1) is 19.7 Å². The zero-order chi connectivity index (χ0) is 23.7. The van der Waals surface area contributed by atoms with Crippen molar-refractivity contribution in [2.45, 2.75) is 33.2 Å². The molecule has 4 rings (SSSR count). The fraction of sp³-hybridized carbons (Fsp3) is 0.240. The van der Waals surface area contributed by atoms with Crippen LogP contribution < -0.4 is 10.9 Å². The Kier molecular flexibility index (Phi) is 6.33. The van der Waals surface area contributed by atoms with E-state index in [2.05, 4.69) is 10.4 Å². The summed E-state index contributed by atoms with van der Waals surface area (Å²) in [5.74, 6) is -0.518. The van der Waals surface area contributed by atoms with Crippen molar-refractivity contribution < 1.29 is 9.18 Å². The van der Waals surface area contributed by atoms with Crippen molar-refractivity contribution >= 4 is 28.5 Å². The Balaban J connectivity index is 1.60. The molecule has 0 saturated carbocycles. The van der Waals surface area contributed by atoms with E-state index in [1.165, 1.54) is 16.7 Å². The van der Waals surface area contributed by atoms with Gasteiger partial charge in [0.15, 0.2) is 0 Å². The molecule has 0 unspecified atom stereocenters. The number of hydrogen-bond acceptors (Lipinski definition) is 3. The van der Waals surface area contributed by atoms with Crippen LogP contribution in [0.2, 0.25) is 5.02 Å². The number of benzene rings is 2. The van der Waals surface area contributed by atoms with Crippen molar-refractivity contribution in [3.63, 3.8) is 0 Å². The average Bonchev–Trinajstić information content (AvgIpc) is 3.14. The van der Waals surface area contributed by atoms with Crippen molar-refractivity contribution in [3.05, 3.63) is 92.1 Å². The summed E-state index contributed by atoms with van der Waals surface area (Å²) in [6.07, 6.45) is 0.498. The topological polar surface area (TPSA) is 68.9 Å². The summed E-state index contributed by atoms with van der Waals surface area (Å²) >= 11 is 5.89. The third-order valence-corrected chi connectivity index (χ3v) is 6.05. The Hall–Kier alpha value is -3.45. The summed E-state index contributed by atoms with van der Waals surface area (Å²) in [5.41, 5.74) is 3.99. The molecule has 2 aromatic heterocycles. The van der Waals surface area contributed by atoms with E-state index in [4.69, 9.17) is 11.6 Å². The molecule has 0 radical (unpaired) electrons. The lowest BCUT2D eigenvalue weighted by Gasteiger charge is -2.13. The molecule has 0 spiro atoms. The van der Waals surface area contributed by atoms with Crippen LogP contribution in [0.25, 0.3) is 16.7 Å². The van der Waals surface area contributed by atoms with E-state index in [-0.39, 0.29) is 23.7 Å². The number of nitrogens with zero attached hydrogens (tertiary/aromatic N) is 3. The predicted octanol–water partition coefficient (Wildman–Crippen LogP) is 4.38. The van der Waals surface area contributed by atoms with Gasteiger partial charge in [-0.15, -0.1) is 0 Å². The molecule has 170 valence electrons. The minimum atomic E-state index is -0.378. The monoisotopic (exact) mass is 466 g/mol. The van der Waals surface area contributed by atoms with Gasteiger partial charge in [-0.3, -0.25) is 14.2 Å². The molecule has 8 heteroatoms. The van der Waals surface area contributed by atoms with Crippen molar-refractivity contribution in [2.75, 3.05) is 0 Å². The van der Waals surface area contributed by atoms with Crippen LogP contribution in [0.5, 0.6) is 0 Å². The van der Waals surface area contributed by atoms with E-state index < -0.39 is 0 Å². The average molecular weight is 467 g/mol. The summed E-state index contributed by atoms with van der Waals surface area (Å²) in [5, 5.41) is 8.92. The quantitative estimate of drug-likeness (QED) is 0.458. The molecule has 0 atom stereocenters. The highest BCUT2D eigenvalue weighted by Crippen LogP contribution is 2.26. The van der Waals surface area contributed by atoms with Gasteiger partial charge in [-0.05, 0) is 61.7 Å². The number of carbonyl (C=O) groups is 1. The molecule has 33 heavy (non-hydrogen) atoms. The highest BCUT2D eigenvalue weighted by molar-refractivity contribution is 6.30. The van der Waals surface area contributed by atoms with Crippen LogP contribution in [0.1, 0.15) is 28.8 Å². The fourth-order valence-corrected chi connectivity index (χ4v) is 4.21. The Morgan fingerprint density at radius 3 is 2.58 bits per heavy atom. The number of rotatable bonds is 6. The molecule has 0 aliphatic heterocycles. The van der Waals surface area contributed by atoms with Crippen LogP contribution in [-0.2, 0) is 24.8 Å². The minimum Gasteiger partial charge on any atom is -0.352 e. The Bertz CT molecular complexity index is 1410. The summed E-state index contributed by atoms with van der Waals surface area (Å²) in [6, 6.07) is 13.4. The molecule has 2 heterocycles. The first-order valence-corrected chi connectivity index (χ1v) is 11.0. The van der Waals surface area contributed by atoms with Gasteiger partial charge in [0.1, 0.15) is 11.5 Å². The van der Waals surface area contributed by atoms with E-state index in [1.54, 1.807) is 36.0 Å². The second-order valence-corrected chi connectivity index (χ2v) is 8.48. The van der Waals surface area contributed by atoms with Crippen molar-refractivity contribution in [1.82, 2.24) is 19.7 Å². The number of fused-ring (bicyclic) bond motifs is 1. The molecule has 1 amide bonds. The number of nitrogens with one attached hydrogen (secondary N) is 1. The molecule has 0 bridgehead atoms. The van der Waals surface area contributed by atoms with E-state index in [0.717, 1.165) is 22.2 Å². The van der Waals surface area contributed by atoms with Gasteiger partial charge in [0.25, 0.3) is 5.56 Å². The van der Waals surface area contributed by atoms with E-state index >= 15 is 0 Å². The maximum Gasteiger partial charge on any atom is 0.255 e. The van der Waals surface area contributed by atoms with E-state index in [1.807, 2.05) is 26.0 Å². The number of amides is 1. The largest absolute Gasteiger partial charge is 0.352 e. The third kappa shape index (κ3) is 4.54. The first kappa shape index (κ1) is 22.7. The molecule has 0 aliphatic carbocycles. The Morgan fingerprint density at radius 1 is 1.15 bits per heavy atom. The predicted molar refractivity (Wildman–Crippen MR) is 127 cm³/mol. The summed E-state index contributed by atoms with van der Waals surface area (Å²) in [6.45, 7) is 4.12. The summed E-state index contributed by atoms with van der Waals surface area (Å²) in [4.78, 5) is 25.6. The molecular weight excluding hydrogens is 443 g/mol. The van der Waals surface area contributed by atoms with Crippen molar-refractivity contribution in [2.24, 2.45) is 7.05 Å². The van der Waals surface area contributed by atoms with Gasteiger partial charge in [0.05, 0.1) is 11.4 Å². The first-order valence-electron chi connectivity index (χ1n) is 10.6. The number of pyridine rings is 1. The lowest BCUT2D eigenvalue weighted by molar-refractivity contribution is -0.121. The highest BCUT2D eigenvalue weighted by atomic mass is 35.5. The number of hydrogen-bond donors (Lipinski definition) is 1. The highest BCUT2D eigenvalue weighted by Gasteiger charge is 2.20. The standard InChI is InChI=1S/C25H24ClFN4O2/c1-15-21(11-12-22(32)28-14-17-7-9-18(26)10-8-17)25(33)30(3)24-23(15)16(2)29-31(24)20-6-4-5-19(27)13-20/h4-10,13H,11-12,14H2,1-3H3,(H,28,32). The van der Waals surface area contributed by atoms with Crippen molar-refractivity contribution in [3.8, 4) is 5.69 Å². The summed E-state index contributed by atoms with van der Waals surface area (Å²) in [7, 11) is 1.67. The molecule has 4 aromatic rings. The molecule has 2 aromatic carbocycles. The second-order valence-electron chi connectivity index (χ2n) is 8.05.